The fraction of sp³-hybridized carbons (Fsp3) is 0.941. The highest BCUT2D eigenvalue weighted by atomic mass is 16.2. The smallest absolute Gasteiger partial charge is 0.219 e. The number of fused-ring (bicyclic) bond motifs is 1. The molecule has 2 heterocycles. The van der Waals surface area contributed by atoms with Crippen molar-refractivity contribution < 1.29 is 4.79 Å². The third kappa shape index (κ3) is 3.11. The zero-order chi connectivity index (χ0) is 15.0. The number of nitrogens with zero attached hydrogens (tertiary/aromatic N) is 3. The van der Waals surface area contributed by atoms with Crippen molar-refractivity contribution in [1.82, 2.24) is 14.7 Å². The SMILES string of the molecule is CC(=O)N1CC2CN(C3CCCCC3)CCN2C(C)(C)C1. The van der Waals surface area contributed by atoms with E-state index in [9.17, 15) is 4.79 Å². The Morgan fingerprint density at radius 2 is 1.71 bits per heavy atom. The predicted molar refractivity (Wildman–Crippen MR) is 85.3 cm³/mol. The largest absolute Gasteiger partial charge is 0.339 e. The summed E-state index contributed by atoms with van der Waals surface area (Å²) < 4.78 is 0. The molecule has 1 amide bonds. The van der Waals surface area contributed by atoms with Crippen LogP contribution in [0.5, 0.6) is 0 Å². The van der Waals surface area contributed by atoms with Crippen LogP contribution in [0.1, 0.15) is 52.9 Å². The van der Waals surface area contributed by atoms with Gasteiger partial charge in [0.2, 0.25) is 5.91 Å². The van der Waals surface area contributed by atoms with Crippen LogP contribution in [0.3, 0.4) is 0 Å². The molecule has 2 aliphatic heterocycles. The number of carbonyl (C=O) groups is 1. The molecule has 2 saturated heterocycles. The Morgan fingerprint density at radius 1 is 1.00 bits per heavy atom. The van der Waals surface area contributed by atoms with E-state index < -0.39 is 0 Å². The molecule has 1 aliphatic carbocycles. The van der Waals surface area contributed by atoms with Crippen molar-refractivity contribution >= 4 is 5.91 Å². The van der Waals surface area contributed by atoms with Gasteiger partial charge in [-0.1, -0.05) is 19.3 Å². The van der Waals surface area contributed by atoms with Crippen LogP contribution >= 0.6 is 0 Å². The number of rotatable bonds is 1. The van der Waals surface area contributed by atoms with E-state index in [4.69, 9.17) is 0 Å². The normalized spacial score (nSPS) is 32.0. The number of carbonyl (C=O) groups excluding carboxylic acids is 1. The molecule has 3 aliphatic rings. The average molecular weight is 293 g/mol. The van der Waals surface area contributed by atoms with Crippen molar-refractivity contribution in [2.45, 2.75) is 70.5 Å². The van der Waals surface area contributed by atoms with Crippen LogP contribution in [0.2, 0.25) is 0 Å². The summed E-state index contributed by atoms with van der Waals surface area (Å²) in [5.74, 6) is 0.234. The minimum atomic E-state index is 0.118. The maximum absolute atomic E-state index is 11.8. The van der Waals surface area contributed by atoms with Gasteiger partial charge in [-0.25, -0.2) is 0 Å². The topological polar surface area (TPSA) is 26.8 Å². The Labute approximate surface area is 129 Å². The molecule has 4 heteroatoms. The van der Waals surface area contributed by atoms with Gasteiger partial charge in [0.1, 0.15) is 0 Å². The monoisotopic (exact) mass is 293 g/mol. The summed E-state index contributed by atoms with van der Waals surface area (Å²) in [4.78, 5) is 19.3. The third-order valence-electron chi connectivity index (χ3n) is 5.84. The van der Waals surface area contributed by atoms with Crippen LogP contribution in [-0.2, 0) is 4.79 Å². The number of amides is 1. The van der Waals surface area contributed by atoms with Gasteiger partial charge in [0.15, 0.2) is 0 Å². The maximum Gasteiger partial charge on any atom is 0.219 e. The Hall–Kier alpha value is -0.610. The summed E-state index contributed by atoms with van der Waals surface area (Å²) in [5, 5.41) is 0. The van der Waals surface area contributed by atoms with Crippen LogP contribution in [0, 0.1) is 0 Å². The number of hydrogen-bond donors (Lipinski definition) is 0. The second-order valence-corrected chi connectivity index (χ2v) is 7.85. The zero-order valence-corrected chi connectivity index (χ0v) is 14.0. The molecule has 3 fully saturated rings. The molecule has 0 aromatic carbocycles. The van der Waals surface area contributed by atoms with Crippen molar-refractivity contribution in [3.8, 4) is 0 Å². The lowest BCUT2D eigenvalue weighted by atomic mass is 9.89. The van der Waals surface area contributed by atoms with Crippen molar-refractivity contribution in [3.05, 3.63) is 0 Å². The lowest BCUT2D eigenvalue weighted by Gasteiger charge is -2.56. The fourth-order valence-corrected chi connectivity index (χ4v) is 4.73. The molecule has 1 unspecified atom stereocenters. The summed E-state index contributed by atoms with van der Waals surface area (Å²) in [6.45, 7) is 11.6. The van der Waals surface area contributed by atoms with Crippen LogP contribution in [0.25, 0.3) is 0 Å². The van der Waals surface area contributed by atoms with Crippen molar-refractivity contribution in [3.63, 3.8) is 0 Å². The molecule has 0 aromatic rings. The molecule has 4 nitrogen and oxygen atoms in total. The number of piperazine rings is 2. The Kier molecular flexibility index (Phi) is 4.28. The van der Waals surface area contributed by atoms with Gasteiger partial charge in [0.05, 0.1) is 0 Å². The first kappa shape index (κ1) is 15.3. The molecule has 1 atom stereocenters. The number of hydrogen-bond acceptors (Lipinski definition) is 3. The van der Waals surface area contributed by atoms with E-state index in [0.717, 1.165) is 25.7 Å². The van der Waals surface area contributed by atoms with E-state index in [1.807, 2.05) is 0 Å². The van der Waals surface area contributed by atoms with E-state index in [1.165, 1.54) is 45.2 Å². The fourth-order valence-electron chi connectivity index (χ4n) is 4.73. The highest BCUT2D eigenvalue weighted by molar-refractivity contribution is 5.73. The third-order valence-corrected chi connectivity index (χ3v) is 5.84. The van der Waals surface area contributed by atoms with E-state index in [1.54, 1.807) is 6.92 Å². The molecule has 3 rings (SSSR count). The Balaban J connectivity index is 1.69. The summed E-state index contributed by atoms with van der Waals surface area (Å²) in [7, 11) is 0. The summed E-state index contributed by atoms with van der Waals surface area (Å²) >= 11 is 0. The highest BCUT2D eigenvalue weighted by Crippen LogP contribution is 2.31. The summed E-state index contributed by atoms with van der Waals surface area (Å²) in [5.41, 5.74) is 0.118. The average Bonchev–Trinajstić information content (AvgIpc) is 2.46. The molecule has 0 radical (unpaired) electrons. The van der Waals surface area contributed by atoms with E-state index >= 15 is 0 Å². The van der Waals surface area contributed by atoms with Crippen molar-refractivity contribution in [2.24, 2.45) is 0 Å². The molecular weight excluding hydrogens is 262 g/mol. The second kappa shape index (κ2) is 5.88. The van der Waals surface area contributed by atoms with Crippen molar-refractivity contribution in [2.75, 3.05) is 32.7 Å². The van der Waals surface area contributed by atoms with Crippen LogP contribution in [-0.4, -0.2) is 71.0 Å². The van der Waals surface area contributed by atoms with Crippen LogP contribution < -0.4 is 0 Å². The van der Waals surface area contributed by atoms with Crippen LogP contribution in [0.15, 0.2) is 0 Å². The van der Waals surface area contributed by atoms with Crippen molar-refractivity contribution in [1.29, 1.82) is 0 Å². The molecule has 1 saturated carbocycles. The maximum atomic E-state index is 11.8. The first-order valence-corrected chi connectivity index (χ1v) is 8.74. The molecule has 120 valence electrons. The lowest BCUT2D eigenvalue weighted by Crippen LogP contribution is -2.70. The molecule has 0 aromatic heterocycles. The van der Waals surface area contributed by atoms with Gasteiger partial charge >= 0.3 is 0 Å². The standard InChI is InChI=1S/C17H31N3O/c1-14(21)19-12-16-11-18(15-7-5-4-6-8-15)9-10-20(16)17(2,3)13-19/h15-16H,4-13H2,1-3H3. The van der Waals surface area contributed by atoms with Gasteiger partial charge in [0, 0.05) is 57.3 Å². The molecule has 0 spiro atoms. The van der Waals surface area contributed by atoms with Gasteiger partial charge < -0.3 is 4.90 Å². The molecular formula is C17H31N3O. The van der Waals surface area contributed by atoms with Gasteiger partial charge in [0.25, 0.3) is 0 Å². The Bertz CT molecular complexity index is 389. The van der Waals surface area contributed by atoms with Gasteiger partial charge in [-0.3, -0.25) is 14.6 Å². The molecule has 21 heavy (non-hydrogen) atoms. The molecule has 0 N–H and O–H groups in total. The first-order chi connectivity index (χ1) is 9.97. The zero-order valence-electron chi connectivity index (χ0n) is 14.0. The predicted octanol–water partition coefficient (Wildman–Crippen LogP) is 1.95. The van der Waals surface area contributed by atoms with E-state index in [0.29, 0.717) is 6.04 Å². The lowest BCUT2D eigenvalue weighted by molar-refractivity contribution is -0.140. The van der Waals surface area contributed by atoms with Gasteiger partial charge in [-0.05, 0) is 26.7 Å². The highest BCUT2D eigenvalue weighted by Gasteiger charge is 2.44. The second-order valence-electron chi connectivity index (χ2n) is 7.85. The van der Waals surface area contributed by atoms with Gasteiger partial charge in [-0.15, -0.1) is 0 Å². The summed E-state index contributed by atoms with van der Waals surface area (Å²) in [6.07, 6.45) is 6.99. The van der Waals surface area contributed by atoms with Gasteiger partial charge in [-0.2, -0.15) is 0 Å². The minimum absolute atomic E-state index is 0.118. The molecule has 0 bridgehead atoms. The minimum Gasteiger partial charge on any atom is -0.339 e. The van der Waals surface area contributed by atoms with E-state index in [2.05, 4.69) is 28.5 Å². The Morgan fingerprint density at radius 3 is 2.38 bits per heavy atom. The quantitative estimate of drug-likeness (QED) is 0.739. The van der Waals surface area contributed by atoms with Crippen LogP contribution in [0.4, 0.5) is 0 Å². The summed E-state index contributed by atoms with van der Waals surface area (Å²) in [6, 6.07) is 1.32. The van der Waals surface area contributed by atoms with E-state index in [-0.39, 0.29) is 11.4 Å². The first-order valence-electron chi connectivity index (χ1n) is 8.74.